The van der Waals surface area contributed by atoms with E-state index in [0.717, 1.165) is 18.5 Å². The van der Waals surface area contributed by atoms with Crippen molar-refractivity contribution in [3.8, 4) is 0 Å². The maximum Gasteiger partial charge on any atom is 0.123 e. The van der Waals surface area contributed by atoms with Crippen LogP contribution in [0.5, 0.6) is 0 Å². The van der Waals surface area contributed by atoms with Crippen molar-refractivity contribution in [2.75, 3.05) is 13.6 Å². The summed E-state index contributed by atoms with van der Waals surface area (Å²) in [6.45, 7) is 1.44. The van der Waals surface area contributed by atoms with Crippen LogP contribution in [-0.4, -0.2) is 29.7 Å². The SMILES string of the molecule is CN(Cc1ccc(F)cc1)CC(O)CC1CCCC1. The third-order valence-electron chi connectivity index (χ3n) is 3.97. The first-order valence-electron chi connectivity index (χ1n) is 7.24. The molecule has 1 aromatic carbocycles. The number of likely N-dealkylation sites (N-methyl/N-ethyl adjacent to an activating group) is 1. The van der Waals surface area contributed by atoms with E-state index in [-0.39, 0.29) is 11.9 Å². The lowest BCUT2D eigenvalue weighted by atomic mass is 10.00. The molecule has 0 heterocycles. The molecule has 0 bridgehead atoms. The lowest BCUT2D eigenvalue weighted by Gasteiger charge is -2.22. The highest BCUT2D eigenvalue weighted by Gasteiger charge is 2.19. The molecule has 2 nitrogen and oxygen atoms in total. The van der Waals surface area contributed by atoms with Crippen molar-refractivity contribution in [3.05, 3.63) is 35.6 Å². The molecule has 0 aromatic heterocycles. The fourth-order valence-electron chi connectivity index (χ4n) is 3.03. The van der Waals surface area contributed by atoms with Gasteiger partial charge in [-0.15, -0.1) is 0 Å². The second-order valence-electron chi connectivity index (χ2n) is 5.86. The molecule has 3 heteroatoms. The monoisotopic (exact) mass is 265 g/mol. The molecule has 1 aliphatic carbocycles. The fraction of sp³-hybridized carbons (Fsp3) is 0.625. The zero-order chi connectivity index (χ0) is 13.7. The average Bonchev–Trinajstić information content (AvgIpc) is 2.84. The summed E-state index contributed by atoms with van der Waals surface area (Å²) in [7, 11) is 2.00. The van der Waals surface area contributed by atoms with Gasteiger partial charge in [0.05, 0.1) is 6.10 Å². The maximum atomic E-state index is 12.8. The maximum absolute atomic E-state index is 12.8. The number of hydrogen-bond acceptors (Lipinski definition) is 2. The Morgan fingerprint density at radius 2 is 1.89 bits per heavy atom. The van der Waals surface area contributed by atoms with Gasteiger partial charge in [-0.25, -0.2) is 4.39 Å². The summed E-state index contributed by atoms with van der Waals surface area (Å²) in [6.07, 6.45) is 5.88. The number of rotatable bonds is 6. The van der Waals surface area contributed by atoms with Crippen LogP contribution >= 0.6 is 0 Å². The Morgan fingerprint density at radius 1 is 1.26 bits per heavy atom. The van der Waals surface area contributed by atoms with Crippen LogP contribution in [0, 0.1) is 11.7 Å². The molecule has 0 aliphatic heterocycles. The third kappa shape index (κ3) is 4.92. The van der Waals surface area contributed by atoms with E-state index in [0.29, 0.717) is 12.5 Å². The van der Waals surface area contributed by atoms with Crippen molar-refractivity contribution < 1.29 is 9.50 Å². The van der Waals surface area contributed by atoms with E-state index in [4.69, 9.17) is 0 Å². The number of aliphatic hydroxyl groups excluding tert-OH is 1. The Labute approximate surface area is 115 Å². The van der Waals surface area contributed by atoms with Crippen molar-refractivity contribution in [2.24, 2.45) is 5.92 Å². The van der Waals surface area contributed by atoms with Crippen LogP contribution in [0.15, 0.2) is 24.3 Å². The molecule has 0 spiro atoms. The van der Waals surface area contributed by atoms with Gasteiger partial charge >= 0.3 is 0 Å². The summed E-state index contributed by atoms with van der Waals surface area (Å²) in [6, 6.07) is 6.57. The van der Waals surface area contributed by atoms with Crippen LogP contribution < -0.4 is 0 Å². The van der Waals surface area contributed by atoms with Crippen molar-refractivity contribution >= 4 is 0 Å². The lowest BCUT2D eigenvalue weighted by molar-refractivity contribution is 0.0994. The minimum atomic E-state index is -0.242. The molecule has 19 heavy (non-hydrogen) atoms. The van der Waals surface area contributed by atoms with E-state index in [1.807, 2.05) is 7.05 Å². The van der Waals surface area contributed by atoms with Gasteiger partial charge in [0.1, 0.15) is 5.82 Å². The van der Waals surface area contributed by atoms with E-state index in [1.165, 1.54) is 37.8 Å². The Kier molecular flexibility index (Phi) is 5.34. The highest BCUT2D eigenvalue weighted by Crippen LogP contribution is 2.28. The second kappa shape index (κ2) is 7.01. The Bertz CT molecular complexity index is 373. The van der Waals surface area contributed by atoms with Crippen LogP contribution in [0.4, 0.5) is 4.39 Å². The summed E-state index contributed by atoms with van der Waals surface area (Å²) < 4.78 is 12.8. The van der Waals surface area contributed by atoms with Crippen LogP contribution in [0.1, 0.15) is 37.7 Å². The van der Waals surface area contributed by atoms with Gasteiger partial charge in [0.25, 0.3) is 0 Å². The normalized spacial score (nSPS) is 18.1. The molecule has 0 saturated heterocycles. The summed E-state index contributed by atoms with van der Waals surface area (Å²) in [4.78, 5) is 2.10. The lowest BCUT2D eigenvalue weighted by Crippen LogP contribution is -2.30. The molecule has 106 valence electrons. The molecular formula is C16H24FNO. The molecule has 1 saturated carbocycles. The van der Waals surface area contributed by atoms with E-state index in [9.17, 15) is 9.50 Å². The molecule has 1 N–H and O–H groups in total. The number of nitrogens with zero attached hydrogens (tertiary/aromatic N) is 1. The zero-order valence-corrected chi connectivity index (χ0v) is 11.7. The molecular weight excluding hydrogens is 241 g/mol. The number of halogens is 1. The summed E-state index contributed by atoms with van der Waals surface area (Å²) in [5, 5.41) is 10.1. The van der Waals surface area contributed by atoms with Crippen molar-refractivity contribution in [1.82, 2.24) is 4.90 Å². The molecule has 0 amide bonds. The van der Waals surface area contributed by atoms with E-state index in [2.05, 4.69) is 4.90 Å². The van der Waals surface area contributed by atoms with Gasteiger partial charge in [0.2, 0.25) is 0 Å². The Balaban J connectivity index is 1.73. The van der Waals surface area contributed by atoms with Crippen LogP contribution in [-0.2, 0) is 6.54 Å². The summed E-state index contributed by atoms with van der Waals surface area (Å²) in [5.74, 6) is 0.516. The predicted octanol–water partition coefficient (Wildman–Crippen LogP) is 3.20. The van der Waals surface area contributed by atoms with Crippen LogP contribution in [0.25, 0.3) is 0 Å². The van der Waals surface area contributed by atoms with Crippen molar-refractivity contribution in [1.29, 1.82) is 0 Å². The molecule has 1 aromatic rings. The summed E-state index contributed by atoms with van der Waals surface area (Å²) in [5.41, 5.74) is 1.08. The van der Waals surface area contributed by atoms with E-state index in [1.54, 1.807) is 12.1 Å². The molecule has 1 atom stereocenters. The van der Waals surface area contributed by atoms with Gasteiger partial charge < -0.3 is 5.11 Å². The Morgan fingerprint density at radius 3 is 2.53 bits per heavy atom. The van der Waals surface area contributed by atoms with E-state index >= 15 is 0 Å². The van der Waals surface area contributed by atoms with Gasteiger partial charge in [-0.05, 0) is 37.1 Å². The highest BCUT2D eigenvalue weighted by atomic mass is 19.1. The third-order valence-corrected chi connectivity index (χ3v) is 3.97. The second-order valence-corrected chi connectivity index (χ2v) is 5.86. The van der Waals surface area contributed by atoms with Crippen LogP contribution in [0.3, 0.4) is 0 Å². The topological polar surface area (TPSA) is 23.5 Å². The minimum Gasteiger partial charge on any atom is -0.392 e. The molecule has 1 aliphatic rings. The first-order chi connectivity index (χ1) is 9.13. The standard InChI is InChI=1S/C16H24FNO/c1-18(11-14-6-8-15(17)9-7-14)12-16(19)10-13-4-2-3-5-13/h6-9,13,16,19H,2-5,10-12H2,1H3. The highest BCUT2D eigenvalue weighted by molar-refractivity contribution is 5.15. The van der Waals surface area contributed by atoms with Gasteiger partial charge in [0.15, 0.2) is 0 Å². The Hall–Kier alpha value is -0.930. The minimum absolute atomic E-state index is 0.201. The quantitative estimate of drug-likeness (QED) is 0.854. The van der Waals surface area contributed by atoms with Crippen molar-refractivity contribution in [2.45, 2.75) is 44.8 Å². The van der Waals surface area contributed by atoms with Gasteiger partial charge in [-0.3, -0.25) is 4.90 Å². The first-order valence-corrected chi connectivity index (χ1v) is 7.24. The van der Waals surface area contributed by atoms with Gasteiger partial charge in [-0.2, -0.15) is 0 Å². The van der Waals surface area contributed by atoms with Crippen LogP contribution in [0.2, 0.25) is 0 Å². The molecule has 0 radical (unpaired) electrons. The smallest absolute Gasteiger partial charge is 0.123 e. The van der Waals surface area contributed by atoms with Gasteiger partial charge in [0, 0.05) is 13.1 Å². The summed E-state index contributed by atoms with van der Waals surface area (Å²) >= 11 is 0. The van der Waals surface area contributed by atoms with E-state index < -0.39 is 0 Å². The number of benzene rings is 1. The average molecular weight is 265 g/mol. The molecule has 1 fully saturated rings. The molecule has 1 unspecified atom stereocenters. The predicted molar refractivity (Wildman–Crippen MR) is 75.3 cm³/mol. The fourth-order valence-corrected chi connectivity index (χ4v) is 3.03. The van der Waals surface area contributed by atoms with Crippen molar-refractivity contribution in [3.63, 3.8) is 0 Å². The number of aliphatic hydroxyl groups is 1. The first kappa shape index (κ1) is 14.5. The molecule has 2 rings (SSSR count). The zero-order valence-electron chi connectivity index (χ0n) is 11.7. The largest absolute Gasteiger partial charge is 0.392 e. The van der Waals surface area contributed by atoms with Gasteiger partial charge in [-0.1, -0.05) is 37.8 Å². The number of hydrogen-bond donors (Lipinski definition) is 1.